The fourth-order valence-corrected chi connectivity index (χ4v) is 1.16. The molecule has 1 aromatic carbocycles. The van der Waals surface area contributed by atoms with E-state index in [-0.39, 0.29) is 6.29 Å². The predicted molar refractivity (Wildman–Crippen MR) is 48.6 cm³/mol. The van der Waals surface area contributed by atoms with E-state index in [2.05, 4.69) is 0 Å². The maximum atomic E-state index is 13.3. The predicted octanol–water partition coefficient (Wildman–Crippen LogP) is 1.93. The summed E-state index contributed by atoms with van der Waals surface area (Å²) in [4.78, 5) is 30.4. The van der Waals surface area contributed by atoms with Gasteiger partial charge in [0.1, 0.15) is 5.56 Å². The van der Waals surface area contributed by atoms with Gasteiger partial charge in [-0.2, -0.15) is 4.39 Å². The zero-order valence-corrected chi connectivity index (χ0v) is 7.82. The summed E-state index contributed by atoms with van der Waals surface area (Å²) < 4.78 is 13.3. The van der Waals surface area contributed by atoms with E-state index in [4.69, 9.17) is 11.6 Å². The van der Waals surface area contributed by atoms with Gasteiger partial charge in [-0.3, -0.25) is 19.7 Å². The quantitative estimate of drug-likeness (QED) is 0.345. The molecule has 1 rings (SSSR count). The molecule has 5 nitrogen and oxygen atoms in total. The average molecular weight is 232 g/mol. The van der Waals surface area contributed by atoms with Crippen molar-refractivity contribution in [1.29, 1.82) is 0 Å². The van der Waals surface area contributed by atoms with Crippen LogP contribution < -0.4 is 0 Å². The Hall–Kier alpha value is -1.82. The highest BCUT2D eigenvalue weighted by atomic mass is 35.5. The third-order valence-corrected chi connectivity index (χ3v) is 1.87. The zero-order chi connectivity index (χ0) is 11.6. The molecule has 0 aliphatic rings. The van der Waals surface area contributed by atoms with Crippen molar-refractivity contribution in [2.24, 2.45) is 0 Å². The molecule has 0 unspecified atom stereocenters. The van der Waals surface area contributed by atoms with Gasteiger partial charge in [0.15, 0.2) is 6.29 Å². The highest BCUT2D eigenvalue weighted by Gasteiger charge is 2.26. The Balaban J connectivity index is 3.58. The number of hydrogen-bond donors (Lipinski definition) is 0. The van der Waals surface area contributed by atoms with Crippen LogP contribution in [-0.4, -0.2) is 16.5 Å². The first-order valence-corrected chi connectivity index (χ1v) is 3.98. The van der Waals surface area contributed by atoms with Crippen LogP contribution in [0.4, 0.5) is 10.1 Å². The Morgan fingerprint density at radius 1 is 1.53 bits per heavy atom. The van der Waals surface area contributed by atoms with Gasteiger partial charge in [-0.1, -0.05) is 0 Å². The minimum Gasteiger partial charge on any atom is -0.298 e. The van der Waals surface area contributed by atoms with Crippen molar-refractivity contribution in [2.75, 3.05) is 0 Å². The molecular weight excluding hydrogens is 229 g/mol. The van der Waals surface area contributed by atoms with Crippen molar-refractivity contribution >= 4 is 28.8 Å². The second kappa shape index (κ2) is 4.14. The van der Waals surface area contributed by atoms with Crippen LogP contribution in [0.1, 0.15) is 20.7 Å². The lowest BCUT2D eigenvalue weighted by atomic mass is 10.1. The van der Waals surface area contributed by atoms with E-state index in [1.807, 2.05) is 0 Å². The molecular formula is C8H3ClFNO4. The lowest BCUT2D eigenvalue weighted by Crippen LogP contribution is -2.04. The Kier molecular flexibility index (Phi) is 3.11. The number of nitro benzene ring substituents is 1. The summed E-state index contributed by atoms with van der Waals surface area (Å²) in [5.41, 5.74) is -2.16. The molecule has 78 valence electrons. The molecule has 7 heteroatoms. The molecule has 0 saturated carbocycles. The number of carbonyl (C=O) groups excluding carboxylic acids is 2. The van der Waals surface area contributed by atoms with E-state index < -0.39 is 32.8 Å². The number of halogens is 2. The van der Waals surface area contributed by atoms with Crippen LogP contribution in [0.2, 0.25) is 0 Å². The van der Waals surface area contributed by atoms with Crippen molar-refractivity contribution < 1.29 is 18.9 Å². The first kappa shape index (κ1) is 11.3. The number of carbonyl (C=O) groups is 2. The van der Waals surface area contributed by atoms with Crippen LogP contribution in [0, 0.1) is 15.9 Å². The molecule has 0 amide bonds. The maximum absolute atomic E-state index is 13.3. The molecule has 0 aromatic heterocycles. The third-order valence-electron chi connectivity index (χ3n) is 1.67. The zero-order valence-electron chi connectivity index (χ0n) is 7.07. The van der Waals surface area contributed by atoms with E-state index in [1.165, 1.54) is 0 Å². The first-order chi connectivity index (χ1) is 6.99. The van der Waals surface area contributed by atoms with E-state index >= 15 is 0 Å². The van der Waals surface area contributed by atoms with Gasteiger partial charge in [0.2, 0.25) is 5.82 Å². The second-order valence-electron chi connectivity index (χ2n) is 2.51. The summed E-state index contributed by atoms with van der Waals surface area (Å²) in [6.07, 6.45) is 0.116. The van der Waals surface area contributed by atoms with Gasteiger partial charge in [0.25, 0.3) is 5.24 Å². The van der Waals surface area contributed by atoms with E-state index in [9.17, 15) is 24.1 Å². The Bertz CT molecular complexity index is 460. The van der Waals surface area contributed by atoms with Crippen molar-refractivity contribution in [2.45, 2.75) is 0 Å². The minimum absolute atomic E-state index is 0.116. The van der Waals surface area contributed by atoms with Crippen LogP contribution in [0.25, 0.3) is 0 Å². The average Bonchev–Trinajstić information content (AvgIpc) is 2.16. The van der Waals surface area contributed by atoms with Crippen LogP contribution >= 0.6 is 11.6 Å². The normalized spacial score (nSPS) is 9.73. The number of nitrogens with zero attached hydrogens (tertiary/aromatic N) is 1. The molecule has 0 aliphatic heterocycles. The second-order valence-corrected chi connectivity index (χ2v) is 2.86. The van der Waals surface area contributed by atoms with Crippen LogP contribution in [0.15, 0.2) is 12.1 Å². The van der Waals surface area contributed by atoms with Gasteiger partial charge in [-0.25, -0.2) is 0 Å². The summed E-state index contributed by atoms with van der Waals surface area (Å²) in [6, 6.07) is 1.88. The number of benzene rings is 1. The molecule has 1 aromatic rings. The fourth-order valence-electron chi connectivity index (χ4n) is 1.01. The summed E-state index contributed by atoms with van der Waals surface area (Å²) in [5, 5.41) is 9.30. The summed E-state index contributed by atoms with van der Waals surface area (Å²) in [7, 11) is 0. The van der Waals surface area contributed by atoms with Gasteiger partial charge in [0.05, 0.1) is 10.5 Å². The molecule has 15 heavy (non-hydrogen) atoms. The summed E-state index contributed by atoms with van der Waals surface area (Å²) >= 11 is 5.02. The van der Waals surface area contributed by atoms with Gasteiger partial charge >= 0.3 is 5.69 Å². The lowest BCUT2D eigenvalue weighted by Gasteiger charge is -2.00. The van der Waals surface area contributed by atoms with E-state index in [0.29, 0.717) is 0 Å². The van der Waals surface area contributed by atoms with E-state index in [0.717, 1.165) is 12.1 Å². The van der Waals surface area contributed by atoms with Gasteiger partial charge in [-0.15, -0.1) is 0 Å². The summed E-state index contributed by atoms with van der Waals surface area (Å²) in [6.45, 7) is 0. The first-order valence-electron chi connectivity index (χ1n) is 3.61. The fraction of sp³-hybridized carbons (Fsp3) is 0. The maximum Gasteiger partial charge on any atom is 0.317 e. The molecule has 0 spiro atoms. The highest BCUT2D eigenvalue weighted by molar-refractivity contribution is 6.68. The standard InChI is InChI=1S/C8H3ClFNO4/c9-8(13)5-2-1-4(3-12)6(10)7(5)11(14)15/h1-3H. The number of hydrogen-bond acceptors (Lipinski definition) is 4. The van der Waals surface area contributed by atoms with Crippen molar-refractivity contribution in [3.8, 4) is 0 Å². The molecule has 0 radical (unpaired) electrons. The Morgan fingerprint density at radius 2 is 2.13 bits per heavy atom. The monoisotopic (exact) mass is 231 g/mol. The number of nitro groups is 1. The van der Waals surface area contributed by atoms with Crippen molar-refractivity contribution in [3.63, 3.8) is 0 Å². The molecule has 0 N–H and O–H groups in total. The van der Waals surface area contributed by atoms with Crippen molar-refractivity contribution in [3.05, 3.63) is 39.2 Å². The van der Waals surface area contributed by atoms with Crippen molar-refractivity contribution in [1.82, 2.24) is 0 Å². The third kappa shape index (κ3) is 1.99. The summed E-state index contributed by atoms with van der Waals surface area (Å²) in [5.74, 6) is -1.36. The van der Waals surface area contributed by atoms with Crippen LogP contribution in [0.5, 0.6) is 0 Å². The molecule has 0 fully saturated rings. The Morgan fingerprint density at radius 3 is 2.53 bits per heavy atom. The van der Waals surface area contributed by atoms with Crippen LogP contribution in [-0.2, 0) is 0 Å². The minimum atomic E-state index is -1.36. The van der Waals surface area contributed by atoms with Gasteiger partial charge < -0.3 is 0 Å². The van der Waals surface area contributed by atoms with E-state index in [1.54, 1.807) is 0 Å². The number of aldehydes is 1. The van der Waals surface area contributed by atoms with Gasteiger partial charge in [0, 0.05) is 0 Å². The molecule has 0 atom stereocenters. The van der Waals surface area contributed by atoms with Crippen LogP contribution in [0.3, 0.4) is 0 Å². The van der Waals surface area contributed by atoms with Gasteiger partial charge in [-0.05, 0) is 23.7 Å². The number of rotatable bonds is 3. The smallest absolute Gasteiger partial charge is 0.298 e. The molecule has 0 aliphatic carbocycles. The SMILES string of the molecule is O=Cc1ccc(C(=O)Cl)c([N+](=O)[O-])c1F. The molecule has 0 bridgehead atoms. The highest BCUT2D eigenvalue weighted by Crippen LogP contribution is 2.26. The Labute approximate surface area is 87.6 Å². The largest absolute Gasteiger partial charge is 0.317 e. The molecule has 0 heterocycles. The topological polar surface area (TPSA) is 77.3 Å². The molecule has 0 saturated heterocycles. The lowest BCUT2D eigenvalue weighted by molar-refractivity contribution is -0.387.